The molecular weight excluding hydrogens is 394 g/mol. The number of anilines is 1. The molecule has 9 heteroatoms. The lowest BCUT2D eigenvalue weighted by molar-refractivity contribution is -0.140. The number of hydrogen-bond acceptors (Lipinski definition) is 6. The van der Waals surface area contributed by atoms with E-state index in [2.05, 4.69) is 21.3 Å². The van der Waals surface area contributed by atoms with Crippen molar-refractivity contribution in [1.29, 1.82) is 5.26 Å². The summed E-state index contributed by atoms with van der Waals surface area (Å²) >= 11 is 0. The van der Waals surface area contributed by atoms with Gasteiger partial charge in [-0.15, -0.1) is 0 Å². The summed E-state index contributed by atoms with van der Waals surface area (Å²) in [6, 6.07) is 8.08. The predicted molar refractivity (Wildman–Crippen MR) is 113 cm³/mol. The van der Waals surface area contributed by atoms with Gasteiger partial charge in [0.25, 0.3) is 0 Å². The van der Waals surface area contributed by atoms with Crippen LogP contribution < -0.4 is 4.90 Å². The number of aliphatic carboxylic acids is 1. The zero-order chi connectivity index (χ0) is 21.5. The maximum Gasteiger partial charge on any atom is 0.308 e. The van der Waals surface area contributed by atoms with E-state index in [4.69, 9.17) is 0 Å². The van der Waals surface area contributed by atoms with Crippen molar-refractivity contribution in [1.82, 2.24) is 24.4 Å². The second-order valence-electron chi connectivity index (χ2n) is 7.68. The normalized spacial score (nSPS) is 16.0. The highest BCUT2D eigenvalue weighted by Crippen LogP contribution is 2.32. The van der Waals surface area contributed by atoms with Gasteiger partial charge in [0, 0.05) is 61.0 Å². The topological polar surface area (TPSA) is 112 Å². The van der Waals surface area contributed by atoms with E-state index in [1.807, 2.05) is 42.5 Å². The van der Waals surface area contributed by atoms with Crippen LogP contribution in [-0.2, 0) is 11.8 Å². The number of pyridine rings is 2. The number of carboxylic acids is 1. The molecule has 1 unspecified atom stereocenters. The van der Waals surface area contributed by atoms with Crippen LogP contribution in [0.5, 0.6) is 0 Å². The summed E-state index contributed by atoms with van der Waals surface area (Å²) in [5.41, 5.74) is 4.78. The molecule has 0 amide bonds. The smallest absolute Gasteiger partial charge is 0.308 e. The minimum Gasteiger partial charge on any atom is -0.481 e. The van der Waals surface area contributed by atoms with Crippen molar-refractivity contribution in [2.24, 2.45) is 13.0 Å². The first-order chi connectivity index (χ1) is 15.0. The van der Waals surface area contributed by atoms with Crippen molar-refractivity contribution in [3.63, 3.8) is 0 Å². The Kier molecular flexibility index (Phi) is 4.40. The fraction of sp³-hybridized carbons (Fsp3) is 0.227. The largest absolute Gasteiger partial charge is 0.481 e. The monoisotopic (exact) mass is 413 g/mol. The molecule has 1 saturated heterocycles. The van der Waals surface area contributed by atoms with Crippen molar-refractivity contribution in [2.75, 3.05) is 18.0 Å². The Morgan fingerprint density at radius 2 is 2.03 bits per heavy atom. The molecule has 1 aliphatic rings. The van der Waals surface area contributed by atoms with Crippen LogP contribution in [0.1, 0.15) is 12.0 Å². The summed E-state index contributed by atoms with van der Waals surface area (Å²) < 4.78 is 3.45. The first-order valence-corrected chi connectivity index (χ1v) is 9.88. The quantitative estimate of drug-likeness (QED) is 0.547. The van der Waals surface area contributed by atoms with E-state index in [1.54, 1.807) is 27.8 Å². The molecule has 1 atom stereocenters. The van der Waals surface area contributed by atoms with E-state index < -0.39 is 5.97 Å². The van der Waals surface area contributed by atoms with Gasteiger partial charge in [0.1, 0.15) is 11.9 Å². The Hall–Kier alpha value is -4.19. The van der Waals surface area contributed by atoms with Crippen LogP contribution in [0.25, 0.3) is 27.8 Å². The van der Waals surface area contributed by atoms with Gasteiger partial charge in [0.05, 0.1) is 29.4 Å². The second-order valence-corrected chi connectivity index (χ2v) is 7.68. The Morgan fingerprint density at radius 1 is 1.16 bits per heavy atom. The summed E-state index contributed by atoms with van der Waals surface area (Å²) in [5.74, 6) is -0.373. The highest BCUT2D eigenvalue weighted by molar-refractivity contribution is 5.87. The average Bonchev–Trinajstić information content (AvgIpc) is 3.52. The summed E-state index contributed by atoms with van der Waals surface area (Å²) in [6.45, 7) is 1.13. The molecule has 0 aromatic carbocycles. The molecule has 0 spiro atoms. The molecular formula is C22H19N7O2. The van der Waals surface area contributed by atoms with Crippen molar-refractivity contribution < 1.29 is 9.90 Å². The van der Waals surface area contributed by atoms with Gasteiger partial charge in [-0.25, -0.2) is 9.50 Å². The third-order valence-corrected chi connectivity index (χ3v) is 5.69. The number of aryl methyl sites for hydroxylation is 1. The molecule has 4 aromatic heterocycles. The van der Waals surface area contributed by atoms with Crippen LogP contribution in [-0.4, -0.2) is 48.5 Å². The maximum atomic E-state index is 11.2. The van der Waals surface area contributed by atoms with Gasteiger partial charge < -0.3 is 10.0 Å². The number of aromatic nitrogens is 5. The van der Waals surface area contributed by atoms with Crippen LogP contribution in [0.3, 0.4) is 0 Å². The minimum atomic E-state index is -0.765. The predicted octanol–water partition coefficient (Wildman–Crippen LogP) is 2.58. The third-order valence-electron chi connectivity index (χ3n) is 5.69. The van der Waals surface area contributed by atoms with Gasteiger partial charge in [-0.2, -0.15) is 15.5 Å². The first kappa shape index (κ1) is 18.8. The third kappa shape index (κ3) is 3.28. The molecule has 0 radical (unpaired) electrons. The lowest BCUT2D eigenvalue weighted by Crippen LogP contribution is -2.23. The van der Waals surface area contributed by atoms with E-state index >= 15 is 0 Å². The van der Waals surface area contributed by atoms with Crippen LogP contribution in [0.15, 0.2) is 49.2 Å². The van der Waals surface area contributed by atoms with E-state index in [0.29, 0.717) is 25.1 Å². The molecule has 1 fully saturated rings. The van der Waals surface area contributed by atoms with Crippen molar-refractivity contribution in [2.45, 2.75) is 6.42 Å². The Morgan fingerprint density at radius 3 is 2.68 bits per heavy atom. The van der Waals surface area contributed by atoms with Crippen LogP contribution in [0, 0.1) is 17.2 Å². The molecule has 9 nitrogen and oxygen atoms in total. The molecule has 31 heavy (non-hydrogen) atoms. The highest BCUT2D eigenvalue weighted by Gasteiger charge is 2.28. The molecule has 0 bridgehead atoms. The number of nitriles is 1. The number of carboxylic acid groups (broad SMARTS) is 1. The van der Waals surface area contributed by atoms with Gasteiger partial charge in [0.2, 0.25) is 0 Å². The second kappa shape index (κ2) is 7.25. The van der Waals surface area contributed by atoms with Gasteiger partial charge >= 0.3 is 5.97 Å². The molecule has 5 rings (SSSR count). The van der Waals surface area contributed by atoms with Crippen LogP contribution in [0.4, 0.5) is 5.82 Å². The van der Waals surface area contributed by atoms with E-state index in [1.165, 1.54) is 0 Å². The molecule has 1 aliphatic heterocycles. The zero-order valence-corrected chi connectivity index (χ0v) is 16.8. The number of fused-ring (bicyclic) bond motifs is 1. The Labute approximate surface area is 177 Å². The highest BCUT2D eigenvalue weighted by atomic mass is 16.4. The molecule has 154 valence electrons. The molecule has 0 saturated carbocycles. The lowest BCUT2D eigenvalue weighted by Gasteiger charge is -2.17. The Balaban J connectivity index is 1.57. The number of hydrogen-bond donors (Lipinski definition) is 1. The van der Waals surface area contributed by atoms with Crippen molar-refractivity contribution in [3.8, 4) is 28.3 Å². The van der Waals surface area contributed by atoms with Gasteiger partial charge in [-0.3, -0.25) is 9.48 Å². The maximum absolute atomic E-state index is 11.2. The summed E-state index contributed by atoms with van der Waals surface area (Å²) in [7, 11) is 1.86. The van der Waals surface area contributed by atoms with E-state index in [0.717, 1.165) is 33.6 Å². The number of carbonyl (C=O) groups is 1. The fourth-order valence-corrected chi connectivity index (χ4v) is 4.05. The fourth-order valence-electron chi connectivity index (χ4n) is 4.05. The molecule has 5 heterocycles. The zero-order valence-electron chi connectivity index (χ0n) is 16.8. The first-order valence-electron chi connectivity index (χ1n) is 9.88. The molecule has 0 aliphatic carbocycles. The van der Waals surface area contributed by atoms with Gasteiger partial charge in [-0.1, -0.05) is 0 Å². The standard InChI is InChI=1S/C22H19N7O2/c1-27-11-18(10-25-27)16-6-19(21-17(7-23)9-26-29(21)13-16)14-2-3-20(24-8-14)28-5-4-15(12-28)22(30)31/h2-3,6,8-11,13,15H,4-5,12H2,1H3,(H,30,31). The summed E-state index contributed by atoms with van der Waals surface area (Å²) in [5, 5.41) is 27.4. The van der Waals surface area contributed by atoms with Gasteiger partial charge in [0.15, 0.2) is 0 Å². The summed E-state index contributed by atoms with van der Waals surface area (Å²) in [6.07, 6.45) is 9.53. The number of nitrogens with zero attached hydrogens (tertiary/aromatic N) is 7. The van der Waals surface area contributed by atoms with Crippen molar-refractivity contribution >= 4 is 17.3 Å². The van der Waals surface area contributed by atoms with E-state index in [-0.39, 0.29) is 5.92 Å². The van der Waals surface area contributed by atoms with Crippen molar-refractivity contribution in [3.05, 3.63) is 54.7 Å². The van der Waals surface area contributed by atoms with Gasteiger partial charge in [-0.05, 0) is 24.6 Å². The number of rotatable bonds is 4. The van der Waals surface area contributed by atoms with E-state index in [9.17, 15) is 15.2 Å². The minimum absolute atomic E-state index is 0.359. The van der Waals surface area contributed by atoms with Crippen LogP contribution >= 0.6 is 0 Å². The Bertz CT molecular complexity index is 1330. The molecule has 4 aromatic rings. The SMILES string of the molecule is Cn1cc(-c2cc(-c3ccc(N4CCC(C(=O)O)C4)nc3)c3c(C#N)cnn3c2)cn1. The van der Waals surface area contributed by atoms with Crippen LogP contribution in [0.2, 0.25) is 0 Å². The molecule has 1 N–H and O–H groups in total. The summed E-state index contributed by atoms with van der Waals surface area (Å²) in [4.78, 5) is 17.8. The lowest BCUT2D eigenvalue weighted by atomic mass is 10.0. The average molecular weight is 413 g/mol.